The first-order chi connectivity index (χ1) is 11.9. The Balaban J connectivity index is 1.77. The fourth-order valence-corrected chi connectivity index (χ4v) is 3.39. The van der Waals surface area contributed by atoms with Crippen molar-refractivity contribution in [2.75, 3.05) is 10.6 Å². The highest BCUT2D eigenvalue weighted by atomic mass is 79.9. The second kappa shape index (κ2) is 7.08. The van der Waals surface area contributed by atoms with Crippen molar-refractivity contribution in [1.82, 2.24) is 4.98 Å². The van der Waals surface area contributed by atoms with E-state index in [0.717, 1.165) is 11.3 Å². The van der Waals surface area contributed by atoms with Gasteiger partial charge in [-0.25, -0.2) is 0 Å². The van der Waals surface area contributed by atoms with Gasteiger partial charge in [-0.05, 0) is 52.7 Å². The summed E-state index contributed by atoms with van der Waals surface area (Å²) < 4.78 is 5.66. The predicted octanol–water partition coefficient (Wildman–Crippen LogP) is 3.60. The quantitative estimate of drug-likeness (QED) is 0.598. The second-order valence-corrected chi connectivity index (χ2v) is 7.04. The lowest BCUT2D eigenvalue weighted by Gasteiger charge is -2.04. The number of nitrogens with one attached hydrogen (secondary N) is 3. The van der Waals surface area contributed by atoms with Crippen LogP contribution in [0.4, 0.5) is 10.7 Å². The zero-order chi connectivity index (χ0) is 18.0. The van der Waals surface area contributed by atoms with Crippen molar-refractivity contribution < 1.29 is 14.0 Å². The molecule has 0 aliphatic heterocycles. The lowest BCUT2D eigenvalue weighted by molar-refractivity contribution is 0.0995. The van der Waals surface area contributed by atoms with E-state index in [-0.39, 0.29) is 11.4 Å². The molecule has 128 valence electrons. The molecule has 0 spiro atoms. The maximum Gasteiger partial charge on any atom is 0.291 e. The van der Waals surface area contributed by atoms with Crippen molar-refractivity contribution in [3.8, 4) is 0 Å². The van der Waals surface area contributed by atoms with Gasteiger partial charge in [0.2, 0.25) is 0 Å². The summed E-state index contributed by atoms with van der Waals surface area (Å²) in [5.74, 6) is -0.649. The van der Waals surface area contributed by atoms with Crippen LogP contribution in [0.5, 0.6) is 0 Å². The first kappa shape index (κ1) is 17.2. The molecule has 0 fully saturated rings. The fourth-order valence-electron chi connectivity index (χ4n) is 2.08. The Morgan fingerprint density at radius 3 is 2.76 bits per heavy atom. The Morgan fingerprint density at radius 2 is 2.04 bits per heavy atom. The van der Waals surface area contributed by atoms with Gasteiger partial charge in [-0.1, -0.05) is 0 Å². The van der Waals surface area contributed by atoms with Gasteiger partial charge >= 0.3 is 0 Å². The Labute approximate surface area is 154 Å². The summed E-state index contributed by atoms with van der Waals surface area (Å²) >= 11 is 4.34. The number of carbonyl (C=O) groups excluding carboxylic acids is 2. The minimum absolute atomic E-state index is 0.133. The molecule has 3 aromatic heterocycles. The van der Waals surface area contributed by atoms with E-state index in [0.29, 0.717) is 19.9 Å². The normalized spacial score (nSPS) is 10.5. The number of carbonyl (C=O) groups is 2. The molecule has 0 aliphatic rings. The molecule has 0 atom stereocenters. The van der Waals surface area contributed by atoms with Crippen LogP contribution in [0.3, 0.4) is 0 Å². The molecule has 7 nitrogen and oxygen atoms in total. The maximum atomic E-state index is 12.4. The Kier molecular flexibility index (Phi) is 4.86. The summed E-state index contributed by atoms with van der Waals surface area (Å²) in [4.78, 5) is 39.1. The number of halogens is 1. The molecule has 2 amide bonds. The van der Waals surface area contributed by atoms with E-state index in [1.54, 1.807) is 25.1 Å². The van der Waals surface area contributed by atoms with Crippen LogP contribution in [0.15, 0.2) is 50.4 Å². The number of thiophene rings is 1. The zero-order valence-corrected chi connectivity index (χ0v) is 15.3. The third-order valence-corrected chi connectivity index (χ3v) is 4.83. The van der Waals surface area contributed by atoms with Gasteiger partial charge in [-0.2, -0.15) is 0 Å². The van der Waals surface area contributed by atoms with Crippen LogP contribution in [-0.4, -0.2) is 16.8 Å². The highest BCUT2D eigenvalue weighted by Gasteiger charge is 2.17. The lowest BCUT2D eigenvalue weighted by Crippen LogP contribution is -2.19. The van der Waals surface area contributed by atoms with E-state index in [1.165, 1.54) is 18.5 Å². The van der Waals surface area contributed by atoms with Gasteiger partial charge in [0, 0.05) is 10.7 Å². The number of hydrogen-bond acceptors (Lipinski definition) is 5. The predicted molar refractivity (Wildman–Crippen MR) is 98.4 cm³/mol. The van der Waals surface area contributed by atoms with Crippen LogP contribution in [0.2, 0.25) is 0 Å². The summed E-state index contributed by atoms with van der Waals surface area (Å²) in [5, 5.41) is 5.75. The highest BCUT2D eigenvalue weighted by Crippen LogP contribution is 2.28. The molecular formula is C16H12BrN3O4S. The van der Waals surface area contributed by atoms with Gasteiger partial charge in [0.15, 0.2) is 5.76 Å². The molecule has 0 saturated carbocycles. The van der Waals surface area contributed by atoms with E-state index in [2.05, 4.69) is 31.5 Å². The number of aromatic amines is 1. The number of aromatic nitrogens is 1. The average Bonchev–Trinajstić information content (AvgIpc) is 3.20. The number of anilines is 2. The van der Waals surface area contributed by atoms with Crippen molar-refractivity contribution in [3.05, 3.63) is 67.8 Å². The van der Waals surface area contributed by atoms with Gasteiger partial charge in [-0.3, -0.25) is 14.4 Å². The lowest BCUT2D eigenvalue weighted by atomic mass is 10.2. The summed E-state index contributed by atoms with van der Waals surface area (Å²) in [7, 11) is 0. The number of rotatable bonds is 4. The number of amides is 2. The van der Waals surface area contributed by atoms with E-state index in [9.17, 15) is 14.4 Å². The standard InChI is InChI=1S/C16H12BrN3O4S/c1-8-5-12(20-15(22)11-3-2-4-24-11)25-13(8)16(23)19-10-6-9(17)7-18-14(10)21/h2-7H,1H3,(H,18,21)(H,19,23)(H,20,22). The Morgan fingerprint density at radius 1 is 1.24 bits per heavy atom. The SMILES string of the molecule is Cc1cc(NC(=O)c2ccco2)sc1C(=O)Nc1cc(Br)c[nH]c1=O. The van der Waals surface area contributed by atoms with Crippen molar-refractivity contribution in [2.24, 2.45) is 0 Å². The molecule has 9 heteroatoms. The number of furan rings is 1. The van der Waals surface area contributed by atoms with Crippen LogP contribution < -0.4 is 16.2 Å². The summed E-state index contributed by atoms with van der Waals surface area (Å²) in [6, 6.07) is 6.36. The minimum atomic E-state index is -0.426. The summed E-state index contributed by atoms with van der Waals surface area (Å²) in [6.07, 6.45) is 2.89. The fraction of sp³-hybridized carbons (Fsp3) is 0.0625. The van der Waals surface area contributed by atoms with Gasteiger partial charge in [0.25, 0.3) is 17.4 Å². The first-order valence-electron chi connectivity index (χ1n) is 7.09. The number of H-pyrrole nitrogens is 1. The van der Waals surface area contributed by atoms with Crippen LogP contribution in [0.25, 0.3) is 0 Å². The van der Waals surface area contributed by atoms with Crippen LogP contribution in [-0.2, 0) is 0 Å². The molecule has 0 aromatic carbocycles. The topological polar surface area (TPSA) is 104 Å². The molecule has 3 heterocycles. The molecule has 0 saturated heterocycles. The van der Waals surface area contributed by atoms with Gasteiger partial charge in [0.05, 0.1) is 16.1 Å². The average molecular weight is 422 g/mol. The van der Waals surface area contributed by atoms with Crippen molar-refractivity contribution in [2.45, 2.75) is 6.92 Å². The third-order valence-electron chi connectivity index (χ3n) is 3.22. The van der Waals surface area contributed by atoms with Crippen LogP contribution in [0.1, 0.15) is 25.8 Å². The van der Waals surface area contributed by atoms with Crippen molar-refractivity contribution in [3.63, 3.8) is 0 Å². The third kappa shape index (κ3) is 3.89. The summed E-state index contributed by atoms with van der Waals surface area (Å²) in [6.45, 7) is 1.75. The van der Waals surface area contributed by atoms with Crippen molar-refractivity contribution in [1.29, 1.82) is 0 Å². The monoisotopic (exact) mass is 421 g/mol. The Bertz CT molecular complexity index is 991. The molecule has 0 aliphatic carbocycles. The number of aryl methyl sites for hydroxylation is 1. The summed E-state index contributed by atoms with van der Waals surface area (Å²) in [5.41, 5.74) is 0.411. The Hall–Kier alpha value is -2.65. The van der Waals surface area contributed by atoms with Gasteiger partial charge in [0.1, 0.15) is 5.69 Å². The molecule has 3 N–H and O–H groups in total. The smallest absolute Gasteiger partial charge is 0.291 e. The van der Waals surface area contributed by atoms with Gasteiger partial charge in [-0.15, -0.1) is 11.3 Å². The molecule has 0 radical (unpaired) electrons. The maximum absolute atomic E-state index is 12.4. The highest BCUT2D eigenvalue weighted by molar-refractivity contribution is 9.10. The molecule has 3 rings (SSSR count). The van der Waals surface area contributed by atoms with Crippen molar-refractivity contribution >= 4 is 49.8 Å². The molecule has 25 heavy (non-hydrogen) atoms. The zero-order valence-electron chi connectivity index (χ0n) is 12.9. The molecule has 0 bridgehead atoms. The second-order valence-electron chi connectivity index (χ2n) is 5.07. The minimum Gasteiger partial charge on any atom is -0.459 e. The van der Waals surface area contributed by atoms with E-state index in [1.807, 2.05) is 0 Å². The molecular weight excluding hydrogens is 410 g/mol. The molecule has 3 aromatic rings. The number of hydrogen-bond donors (Lipinski definition) is 3. The molecule has 0 unspecified atom stereocenters. The van der Waals surface area contributed by atoms with E-state index < -0.39 is 17.4 Å². The van der Waals surface area contributed by atoms with Gasteiger partial charge < -0.3 is 20.0 Å². The van der Waals surface area contributed by atoms with E-state index in [4.69, 9.17) is 4.42 Å². The van der Waals surface area contributed by atoms with Crippen LogP contribution >= 0.6 is 27.3 Å². The van der Waals surface area contributed by atoms with E-state index >= 15 is 0 Å². The largest absolute Gasteiger partial charge is 0.459 e. The number of pyridine rings is 1. The first-order valence-corrected chi connectivity index (χ1v) is 8.70. The van der Waals surface area contributed by atoms with Crippen LogP contribution in [0, 0.1) is 6.92 Å².